The number of hydrogen-bond acceptors (Lipinski definition) is 2. The van der Waals surface area contributed by atoms with E-state index in [9.17, 15) is 0 Å². The van der Waals surface area contributed by atoms with E-state index in [0.29, 0.717) is 5.92 Å². The maximum Gasteiger partial charge on any atom is 0.118 e. The van der Waals surface area contributed by atoms with Crippen molar-refractivity contribution in [2.24, 2.45) is 11.7 Å². The monoisotopic (exact) mass is 293 g/mol. The quantitative estimate of drug-likeness (QED) is 0.922. The molecule has 114 valence electrons. The van der Waals surface area contributed by atoms with E-state index in [2.05, 4.69) is 48.5 Å². The van der Waals surface area contributed by atoms with Crippen molar-refractivity contribution < 1.29 is 4.74 Å². The molecule has 2 nitrogen and oxygen atoms in total. The Bertz CT molecular complexity index is 631. The Balaban J connectivity index is 1.77. The summed E-state index contributed by atoms with van der Waals surface area (Å²) in [5, 5.41) is 0. The zero-order valence-corrected chi connectivity index (χ0v) is 13.0. The normalized spacial score (nSPS) is 21.3. The van der Waals surface area contributed by atoms with E-state index in [1.165, 1.54) is 16.7 Å². The van der Waals surface area contributed by atoms with Gasteiger partial charge >= 0.3 is 0 Å². The van der Waals surface area contributed by atoms with Crippen molar-refractivity contribution in [1.82, 2.24) is 0 Å². The second-order valence-corrected chi connectivity index (χ2v) is 6.07. The summed E-state index contributed by atoms with van der Waals surface area (Å²) in [5.74, 6) is 1.41. The minimum absolute atomic E-state index is 0.253. The molecule has 2 atom stereocenters. The van der Waals surface area contributed by atoms with Gasteiger partial charge in [0.1, 0.15) is 5.75 Å². The second kappa shape index (κ2) is 6.80. The number of nitrogens with two attached hydrogens (primary N) is 1. The van der Waals surface area contributed by atoms with Crippen LogP contribution in [-0.4, -0.2) is 13.2 Å². The molecule has 0 spiro atoms. The summed E-state index contributed by atoms with van der Waals surface area (Å²) in [5.41, 5.74) is 10.3. The highest BCUT2D eigenvalue weighted by Gasteiger charge is 2.20. The van der Waals surface area contributed by atoms with Crippen molar-refractivity contribution in [3.8, 4) is 5.75 Å². The maximum absolute atomic E-state index is 6.29. The SMILES string of the molecule is COc1ccc(CC2C=C(c3ccccc3)CC(N)C2)cc1. The Morgan fingerprint density at radius 2 is 1.77 bits per heavy atom. The van der Waals surface area contributed by atoms with Gasteiger partial charge < -0.3 is 10.5 Å². The van der Waals surface area contributed by atoms with E-state index in [-0.39, 0.29) is 6.04 Å². The molecular formula is C20H23NO. The van der Waals surface area contributed by atoms with Crippen LogP contribution >= 0.6 is 0 Å². The van der Waals surface area contributed by atoms with E-state index in [1.54, 1.807) is 7.11 Å². The third-order valence-corrected chi connectivity index (χ3v) is 4.33. The standard InChI is InChI=1S/C20H23NO/c1-22-20-9-7-15(8-10-20)11-16-12-18(14-19(21)13-16)17-5-3-2-4-6-17/h2-10,12,16,19H,11,13-14,21H2,1H3. The van der Waals surface area contributed by atoms with Gasteiger partial charge in [0.2, 0.25) is 0 Å². The molecule has 0 bridgehead atoms. The summed E-state index contributed by atoms with van der Waals surface area (Å²) < 4.78 is 5.22. The summed E-state index contributed by atoms with van der Waals surface area (Å²) in [6, 6.07) is 19.2. The fourth-order valence-corrected chi connectivity index (χ4v) is 3.25. The highest BCUT2D eigenvalue weighted by Crippen LogP contribution is 2.31. The maximum atomic E-state index is 6.29. The van der Waals surface area contributed by atoms with Crippen LogP contribution in [0.5, 0.6) is 5.75 Å². The Kier molecular flexibility index (Phi) is 4.59. The van der Waals surface area contributed by atoms with Gasteiger partial charge in [-0.25, -0.2) is 0 Å². The van der Waals surface area contributed by atoms with E-state index in [0.717, 1.165) is 25.0 Å². The van der Waals surface area contributed by atoms with Crippen molar-refractivity contribution in [3.63, 3.8) is 0 Å². The predicted octanol–water partition coefficient (Wildman–Crippen LogP) is 4.06. The topological polar surface area (TPSA) is 35.2 Å². The molecule has 0 amide bonds. The van der Waals surface area contributed by atoms with Crippen LogP contribution < -0.4 is 10.5 Å². The molecule has 1 aliphatic rings. The van der Waals surface area contributed by atoms with Crippen LogP contribution in [-0.2, 0) is 6.42 Å². The van der Waals surface area contributed by atoms with Crippen LogP contribution in [0.2, 0.25) is 0 Å². The van der Waals surface area contributed by atoms with Gasteiger partial charge in [-0.15, -0.1) is 0 Å². The van der Waals surface area contributed by atoms with E-state index >= 15 is 0 Å². The van der Waals surface area contributed by atoms with Crippen LogP contribution in [0.1, 0.15) is 24.0 Å². The number of ether oxygens (including phenoxy) is 1. The van der Waals surface area contributed by atoms with Crippen LogP contribution in [0.3, 0.4) is 0 Å². The average molecular weight is 293 g/mol. The Morgan fingerprint density at radius 3 is 2.45 bits per heavy atom. The molecule has 0 aliphatic heterocycles. The Morgan fingerprint density at radius 1 is 1.05 bits per heavy atom. The lowest BCUT2D eigenvalue weighted by atomic mass is 9.81. The van der Waals surface area contributed by atoms with Gasteiger partial charge in [-0.3, -0.25) is 0 Å². The number of allylic oxidation sites excluding steroid dienone is 1. The van der Waals surface area contributed by atoms with Gasteiger partial charge in [0.15, 0.2) is 0 Å². The average Bonchev–Trinajstić information content (AvgIpc) is 2.56. The molecular weight excluding hydrogens is 270 g/mol. The Hall–Kier alpha value is -2.06. The third kappa shape index (κ3) is 3.58. The first kappa shape index (κ1) is 14.9. The fourth-order valence-electron chi connectivity index (χ4n) is 3.25. The summed E-state index contributed by atoms with van der Waals surface area (Å²) >= 11 is 0. The molecule has 0 heterocycles. The predicted molar refractivity (Wildman–Crippen MR) is 91.8 cm³/mol. The first-order valence-electron chi connectivity index (χ1n) is 7.89. The molecule has 2 aromatic carbocycles. The van der Waals surface area contributed by atoms with E-state index in [1.807, 2.05) is 12.1 Å². The van der Waals surface area contributed by atoms with Crippen LogP contribution in [0.25, 0.3) is 5.57 Å². The van der Waals surface area contributed by atoms with Gasteiger partial charge in [-0.1, -0.05) is 48.5 Å². The number of hydrogen-bond donors (Lipinski definition) is 1. The molecule has 3 rings (SSSR count). The van der Waals surface area contributed by atoms with Crippen molar-refractivity contribution in [1.29, 1.82) is 0 Å². The Labute approximate surface area is 132 Å². The molecule has 2 N–H and O–H groups in total. The number of methoxy groups -OCH3 is 1. The minimum Gasteiger partial charge on any atom is -0.497 e. The first-order chi connectivity index (χ1) is 10.7. The molecule has 2 aromatic rings. The number of rotatable bonds is 4. The lowest BCUT2D eigenvalue weighted by Gasteiger charge is -2.26. The molecule has 22 heavy (non-hydrogen) atoms. The van der Waals surface area contributed by atoms with Crippen LogP contribution in [0.4, 0.5) is 0 Å². The first-order valence-corrected chi connectivity index (χ1v) is 7.89. The lowest BCUT2D eigenvalue weighted by molar-refractivity contribution is 0.414. The zero-order chi connectivity index (χ0) is 15.4. The molecule has 2 unspecified atom stereocenters. The van der Waals surface area contributed by atoms with Crippen molar-refractivity contribution in [2.45, 2.75) is 25.3 Å². The smallest absolute Gasteiger partial charge is 0.118 e. The van der Waals surface area contributed by atoms with E-state index < -0.39 is 0 Å². The summed E-state index contributed by atoms with van der Waals surface area (Å²) in [7, 11) is 1.70. The largest absolute Gasteiger partial charge is 0.497 e. The minimum atomic E-state index is 0.253. The summed E-state index contributed by atoms with van der Waals surface area (Å²) in [4.78, 5) is 0. The highest BCUT2D eigenvalue weighted by atomic mass is 16.5. The van der Waals surface area contributed by atoms with Crippen molar-refractivity contribution in [2.75, 3.05) is 7.11 Å². The summed E-state index contributed by atoms with van der Waals surface area (Å²) in [6.07, 6.45) is 5.49. The van der Waals surface area contributed by atoms with Crippen molar-refractivity contribution >= 4 is 5.57 Å². The molecule has 0 fully saturated rings. The van der Waals surface area contributed by atoms with Gasteiger partial charge in [0, 0.05) is 6.04 Å². The second-order valence-electron chi connectivity index (χ2n) is 6.07. The molecule has 0 radical (unpaired) electrons. The van der Waals surface area contributed by atoms with Crippen LogP contribution in [0.15, 0.2) is 60.7 Å². The summed E-state index contributed by atoms with van der Waals surface area (Å²) in [6.45, 7) is 0. The lowest BCUT2D eigenvalue weighted by Crippen LogP contribution is -2.27. The van der Waals surface area contributed by atoms with Crippen molar-refractivity contribution in [3.05, 3.63) is 71.8 Å². The molecule has 2 heteroatoms. The van der Waals surface area contributed by atoms with Gasteiger partial charge in [0.05, 0.1) is 7.11 Å². The zero-order valence-electron chi connectivity index (χ0n) is 13.0. The van der Waals surface area contributed by atoms with E-state index in [4.69, 9.17) is 10.5 Å². The third-order valence-electron chi connectivity index (χ3n) is 4.33. The van der Waals surface area contributed by atoms with Gasteiger partial charge in [-0.2, -0.15) is 0 Å². The highest BCUT2D eigenvalue weighted by molar-refractivity contribution is 5.67. The van der Waals surface area contributed by atoms with Crippen LogP contribution in [0, 0.1) is 5.92 Å². The number of benzene rings is 2. The molecule has 1 aliphatic carbocycles. The van der Waals surface area contributed by atoms with Gasteiger partial charge in [0.25, 0.3) is 0 Å². The van der Waals surface area contributed by atoms with Gasteiger partial charge in [-0.05, 0) is 54.0 Å². The molecule has 0 aromatic heterocycles. The molecule has 0 saturated carbocycles. The molecule has 0 saturated heterocycles. The fraction of sp³-hybridized carbons (Fsp3) is 0.300.